The maximum atomic E-state index is 12.7. The van der Waals surface area contributed by atoms with E-state index in [0.29, 0.717) is 13.1 Å². The molecule has 3 atom stereocenters. The average Bonchev–Trinajstić information content (AvgIpc) is 3.21. The number of likely N-dealkylation sites (tertiary alicyclic amines) is 1. The van der Waals surface area contributed by atoms with Crippen LogP contribution in [0.2, 0.25) is 0 Å². The lowest BCUT2D eigenvalue weighted by Crippen LogP contribution is -2.38. The Labute approximate surface area is 139 Å². The minimum absolute atomic E-state index is 0.0134. The molecule has 0 spiro atoms. The van der Waals surface area contributed by atoms with Crippen molar-refractivity contribution < 1.29 is 4.79 Å². The summed E-state index contributed by atoms with van der Waals surface area (Å²) >= 11 is 0. The lowest BCUT2D eigenvalue weighted by molar-refractivity contribution is -0.124. The van der Waals surface area contributed by atoms with Crippen LogP contribution in [0.5, 0.6) is 0 Å². The number of benzene rings is 1. The second-order valence-electron chi connectivity index (χ2n) is 5.73. The van der Waals surface area contributed by atoms with E-state index in [4.69, 9.17) is 5.26 Å². The van der Waals surface area contributed by atoms with Gasteiger partial charge in [-0.15, -0.1) is 10.9 Å². The van der Waals surface area contributed by atoms with E-state index < -0.39 is 10.9 Å². The van der Waals surface area contributed by atoms with Crippen LogP contribution in [0.3, 0.4) is 0 Å². The molecule has 1 saturated heterocycles. The number of nitrogens with one attached hydrogen (secondary N) is 1. The molecule has 6 heteroatoms. The highest BCUT2D eigenvalue weighted by molar-refractivity contribution is 8.32. The molecule has 120 valence electrons. The molecule has 1 amide bonds. The molecular weight excluding hydrogens is 308 g/mol. The van der Waals surface area contributed by atoms with Gasteiger partial charge in [0, 0.05) is 19.3 Å². The van der Waals surface area contributed by atoms with Gasteiger partial charge in [0.05, 0.1) is 5.92 Å². The number of carbonyl (C=O) groups is 1. The van der Waals surface area contributed by atoms with Crippen molar-refractivity contribution in [2.24, 2.45) is 16.8 Å². The Morgan fingerprint density at radius 3 is 2.91 bits per heavy atom. The number of amidine groups is 1. The molecule has 2 aliphatic rings. The predicted octanol–water partition coefficient (Wildman–Crippen LogP) is 2.44. The molecule has 3 unspecified atom stereocenters. The third-order valence-electron chi connectivity index (χ3n) is 4.35. The van der Waals surface area contributed by atoms with Gasteiger partial charge in [-0.05, 0) is 28.4 Å². The van der Waals surface area contributed by atoms with Crippen molar-refractivity contribution in [2.45, 2.75) is 18.2 Å². The molecule has 23 heavy (non-hydrogen) atoms. The van der Waals surface area contributed by atoms with Crippen molar-refractivity contribution in [1.82, 2.24) is 10.2 Å². The Morgan fingerprint density at radius 1 is 1.43 bits per heavy atom. The van der Waals surface area contributed by atoms with Crippen LogP contribution < -0.4 is 5.32 Å². The fourth-order valence-corrected chi connectivity index (χ4v) is 4.73. The van der Waals surface area contributed by atoms with Crippen LogP contribution in [0.25, 0.3) is 0 Å². The van der Waals surface area contributed by atoms with Crippen molar-refractivity contribution in [3.63, 3.8) is 0 Å². The SMILES string of the molecule is CCC1CN(C#N)CC1C(=O)NC1=NC=C[SH]1c1ccccc1. The molecule has 3 rings (SSSR count). The van der Waals surface area contributed by atoms with Gasteiger partial charge in [-0.3, -0.25) is 4.79 Å². The van der Waals surface area contributed by atoms with Gasteiger partial charge in [-0.2, -0.15) is 5.26 Å². The number of amides is 1. The summed E-state index contributed by atoms with van der Waals surface area (Å²) in [6, 6.07) is 10.1. The van der Waals surface area contributed by atoms with Crippen LogP contribution in [0, 0.1) is 23.3 Å². The normalized spacial score (nSPS) is 27.6. The highest BCUT2D eigenvalue weighted by Gasteiger charge is 2.37. The van der Waals surface area contributed by atoms with E-state index in [1.165, 1.54) is 4.90 Å². The molecule has 1 fully saturated rings. The first kappa shape index (κ1) is 15.6. The van der Waals surface area contributed by atoms with E-state index in [-0.39, 0.29) is 17.7 Å². The third kappa shape index (κ3) is 3.25. The van der Waals surface area contributed by atoms with Crippen molar-refractivity contribution in [3.8, 4) is 6.19 Å². The summed E-state index contributed by atoms with van der Waals surface area (Å²) in [5, 5.41) is 14.9. The first-order chi connectivity index (χ1) is 11.2. The van der Waals surface area contributed by atoms with Crippen molar-refractivity contribution in [3.05, 3.63) is 41.9 Å². The summed E-state index contributed by atoms with van der Waals surface area (Å²) in [5.74, 6) is 0.0728. The highest BCUT2D eigenvalue weighted by Crippen LogP contribution is 2.41. The molecule has 1 aromatic rings. The smallest absolute Gasteiger partial charge is 0.231 e. The van der Waals surface area contributed by atoms with E-state index in [2.05, 4.69) is 35.6 Å². The van der Waals surface area contributed by atoms with Gasteiger partial charge in [-0.25, -0.2) is 4.99 Å². The molecule has 0 aliphatic carbocycles. The standard InChI is InChI=1S/C17H20N4OS/c1-2-13-10-21(12-18)11-15(13)16(22)20-17-19-8-9-23(17)14-6-4-3-5-7-14/h3-9,13,15,23H,2,10-11H2,1H3,(H,19,20,22). The summed E-state index contributed by atoms with van der Waals surface area (Å²) in [4.78, 5) is 19.9. The maximum absolute atomic E-state index is 12.7. The Kier molecular flexibility index (Phi) is 4.68. The predicted molar refractivity (Wildman–Crippen MR) is 92.9 cm³/mol. The first-order valence-electron chi connectivity index (χ1n) is 7.77. The quantitative estimate of drug-likeness (QED) is 0.661. The molecule has 0 saturated carbocycles. The monoisotopic (exact) mass is 328 g/mol. The fourth-order valence-electron chi connectivity index (χ4n) is 3.06. The Bertz CT molecular complexity index is 680. The molecule has 0 radical (unpaired) electrons. The topological polar surface area (TPSA) is 68.5 Å². The van der Waals surface area contributed by atoms with E-state index in [9.17, 15) is 4.79 Å². The molecule has 0 aromatic heterocycles. The van der Waals surface area contributed by atoms with Crippen LogP contribution in [0.4, 0.5) is 0 Å². The Morgan fingerprint density at radius 2 is 2.22 bits per heavy atom. The Hall–Kier alpha value is -2.26. The van der Waals surface area contributed by atoms with Crippen molar-refractivity contribution in [1.29, 1.82) is 5.26 Å². The molecule has 2 aliphatic heterocycles. The number of hydrogen-bond acceptors (Lipinski definition) is 4. The number of nitriles is 1. The molecule has 5 nitrogen and oxygen atoms in total. The molecule has 2 heterocycles. The van der Waals surface area contributed by atoms with Gasteiger partial charge >= 0.3 is 0 Å². The first-order valence-corrected chi connectivity index (χ1v) is 9.18. The Balaban J connectivity index is 1.70. The number of carbonyl (C=O) groups excluding carboxylic acids is 1. The number of hydrogen-bond donors (Lipinski definition) is 2. The van der Waals surface area contributed by atoms with Crippen molar-refractivity contribution in [2.75, 3.05) is 13.1 Å². The zero-order valence-corrected chi connectivity index (χ0v) is 13.9. The zero-order chi connectivity index (χ0) is 16.2. The van der Waals surface area contributed by atoms with Crippen LogP contribution in [0.1, 0.15) is 13.3 Å². The highest BCUT2D eigenvalue weighted by atomic mass is 32.2. The third-order valence-corrected chi connectivity index (χ3v) is 6.32. The number of nitrogens with zero attached hydrogens (tertiary/aromatic N) is 3. The van der Waals surface area contributed by atoms with Gasteiger partial charge in [0.25, 0.3) is 0 Å². The van der Waals surface area contributed by atoms with Gasteiger partial charge in [-0.1, -0.05) is 31.5 Å². The largest absolute Gasteiger partial charge is 0.310 e. The molecule has 0 bridgehead atoms. The zero-order valence-electron chi connectivity index (χ0n) is 13.0. The van der Waals surface area contributed by atoms with Crippen LogP contribution in [-0.4, -0.2) is 29.1 Å². The summed E-state index contributed by atoms with van der Waals surface area (Å²) in [5.41, 5.74) is 0. The van der Waals surface area contributed by atoms with Gasteiger partial charge in [0.1, 0.15) is 0 Å². The fraction of sp³-hybridized carbons (Fsp3) is 0.353. The minimum Gasteiger partial charge on any atom is -0.310 e. The lowest BCUT2D eigenvalue weighted by Gasteiger charge is -2.20. The maximum Gasteiger partial charge on any atom is 0.231 e. The molecule has 1 aromatic carbocycles. The van der Waals surface area contributed by atoms with Crippen LogP contribution >= 0.6 is 10.9 Å². The lowest BCUT2D eigenvalue weighted by atomic mass is 9.93. The van der Waals surface area contributed by atoms with Gasteiger partial charge in [0.2, 0.25) is 5.91 Å². The van der Waals surface area contributed by atoms with E-state index in [0.717, 1.165) is 11.6 Å². The summed E-state index contributed by atoms with van der Waals surface area (Å²) in [6.07, 6.45) is 4.82. The van der Waals surface area contributed by atoms with Crippen LogP contribution in [-0.2, 0) is 4.79 Å². The van der Waals surface area contributed by atoms with E-state index >= 15 is 0 Å². The average molecular weight is 328 g/mol. The number of thiol groups is 1. The minimum atomic E-state index is -0.725. The van der Waals surface area contributed by atoms with E-state index in [1.807, 2.05) is 23.6 Å². The summed E-state index contributed by atoms with van der Waals surface area (Å²) < 4.78 is 0. The number of rotatable bonds is 3. The molecular formula is C17H20N4OS. The molecule has 1 N–H and O–H groups in total. The number of aliphatic imine (C=N–C) groups is 1. The second kappa shape index (κ2) is 6.88. The van der Waals surface area contributed by atoms with Gasteiger partial charge in [0.15, 0.2) is 11.4 Å². The van der Waals surface area contributed by atoms with E-state index in [1.54, 1.807) is 11.1 Å². The van der Waals surface area contributed by atoms with Gasteiger partial charge < -0.3 is 10.2 Å². The van der Waals surface area contributed by atoms with Crippen LogP contribution in [0.15, 0.2) is 51.8 Å². The summed E-state index contributed by atoms with van der Waals surface area (Å²) in [6.45, 7) is 3.24. The summed E-state index contributed by atoms with van der Waals surface area (Å²) in [7, 11) is -0.725. The second-order valence-corrected chi connectivity index (χ2v) is 7.70. The van der Waals surface area contributed by atoms with Crippen molar-refractivity contribution >= 4 is 22.0 Å².